The summed E-state index contributed by atoms with van der Waals surface area (Å²) < 4.78 is 0. The number of nitrogens with zero attached hydrogens (tertiary/aromatic N) is 2. The van der Waals surface area contributed by atoms with E-state index < -0.39 is 0 Å². The zero-order chi connectivity index (χ0) is 12.8. The molecule has 1 aromatic rings. The lowest BCUT2D eigenvalue weighted by molar-refractivity contribution is 0.138. The molecule has 1 atom stereocenters. The molecule has 17 heavy (non-hydrogen) atoms. The highest BCUT2D eigenvalue weighted by atomic mass is 35.5. The van der Waals surface area contributed by atoms with E-state index in [2.05, 4.69) is 10.3 Å². The van der Waals surface area contributed by atoms with Gasteiger partial charge < -0.3 is 10.4 Å². The average molecular weight is 258 g/mol. The molecule has 0 bridgehead atoms. The molecule has 1 heterocycles. The molecule has 0 fully saturated rings. The first kappa shape index (κ1) is 14.2. The van der Waals surface area contributed by atoms with Gasteiger partial charge in [0.1, 0.15) is 5.82 Å². The normalized spacial score (nSPS) is 12.8. The van der Waals surface area contributed by atoms with Crippen molar-refractivity contribution in [3.05, 3.63) is 22.8 Å². The summed E-state index contributed by atoms with van der Waals surface area (Å²) in [5, 5.41) is 13.1. The number of anilines is 1. The Kier molecular flexibility index (Phi) is 5.68. The largest absolute Gasteiger partial charge is 0.392 e. The van der Waals surface area contributed by atoms with Crippen molar-refractivity contribution in [3.63, 3.8) is 0 Å². The van der Waals surface area contributed by atoms with Gasteiger partial charge in [-0.2, -0.15) is 0 Å². The van der Waals surface area contributed by atoms with Crippen LogP contribution in [0.3, 0.4) is 0 Å². The van der Waals surface area contributed by atoms with Crippen LogP contribution >= 0.6 is 11.6 Å². The van der Waals surface area contributed by atoms with Crippen molar-refractivity contribution in [2.45, 2.75) is 26.5 Å². The Morgan fingerprint density at radius 2 is 2.24 bits per heavy atom. The summed E-state index contributed by atoms with van der Waals surface area (Å²) in [6.07, 6.45) is -0.351. The molecule has 1 unspecified atom stereocenters. The topological polar surface area (TPSA) is 48.4 Å². The highest BCUT2D eigenvalue weighted by Gasteiger charge is 2.09. The Labute approximate surface area is 108 Å². The minimum atomic E-state index is -0.351. The molecule has 0 saturated heterocycles. The molecule has 1 rings (SSSR count). The predicted octanol–water partition coefficient (Wildman–Crippen LogP) is 1.98. The van der Waals surface area contributed by atoms with Gasteiger partial charge in [0.25, 0.3) is 0 Å². The summed E-state index contributed by atoms with van der Waals surface area (Å²) in [5.41, 5.74) is 0.827. The van der Waals surface area contributed by atoms with Crippen molar-refractivity contribution in [2.75, 3.05) is 25.5 Å². The summed E-state index contributed by atoms with van der Waals surface area (Å²) in [5.74, 6) is 0.831. The zero-order valence-electron chi connectivity index (χ0n) is 10.6. The number of aliphatic hydroxyl groups excluding tert-OH is 1. The van der Waals surface area contributed by atoms with E-state index in [1.54, 1.807) is 6.92 Å². The maximum absolute atomic E-state index is 9.30. The Bertz CT molecular complexity index is 358. The van der Waals surface area contributed by atoms with Gasteiger partial charge in [-0.05, 0) is 33.0 Å². The Morgan fingerprint density at radius 3 is 2.82 bits per heavy atom. The molecule has 0 spiro atoms. The van der Waals surface area contributed by atoms with Gasteiger partial charge in [0.15, 0.2) is 0 Å². The van der Waals surface area contributed by atoms with Crippen LogP contribution in [0.1, 0.15) is 19.5 Å². The standard InChI is InChI=1S/C12H20ClN3O/c1-4-14-12-6-5-10(13)11(15-12)8-16(3)7-9(2)17/h5-6,9,17H,4,7-8H2,1-3H3,(H,14,15). The van der Waals surface area contributed by atoms with Crippen molar-refractivity contribution in [2.24, 2.45) is 0 Å². The summed E-state index contributed by atoms with van der Waals surface area (Å²) in [6.45, 7) is 5.85. The quantitative estimate of drug-likeness (QED) is 0.818. The summed E-state index contributed by atoms with van der Waals surface area (Å²) in [6, 6.07) is 3.71. The fourth-order valence-corrected chi connectivity index (χ4v) is 1.81. The van der Waals surface area contributed by atoms with E-state index >= 15 is 0 Å². The summed E-state index contributed by atoms with van der Waals surface area (Å²) in [7, 11) is 1.94. The molecular formula is C12H20ClN3O. The first-order valence-corrected chi connectivity index (χ1v) is 6.16. The van der Waals surface area contributed by atoms with Gasteiger partial charge in [0, 0.05) is 19.6 Å². The Morgan fingerprint density at radius 1 is 1.53 bits per heavy atom. The molecular weight excluding hydrogens is 238 g/mol. The molecule has 0 aliphatic heterocycles. The molecule has 96 valence electrons. The molecule has 4 nitrogen and oxygen atoms in total. The van der Waals surface area contributed by atoms with Gasteiger partial charge in [-0.3, -0.25) is 4.90 Å². The lowest BCUT2D eigenvalue weighted by atomic mass is 10.3. The van der Waals surface area contributed by atoms with E-state index in [0.29, 0.717) is 18.1 Å². The smallest absolute Gasteiger partial charge is 0.126 e. The minimum Gasteiger partial charge on any atom is -0.392 e. The number of hydrogen-bond donors (Lipinski definition) is 2. The average Bonchev–Trinajstić information content (AvgIpc) is 2.22. The monoisotopic (exact) mass is 257 g/mol. The predicted molar refractivity (Wildman–Crippen MR) is 71.4 cm³/mol. The van der Waals surface area contributed by atoms with Crippen LogP contribution in [0.25, 0.3) is 0 Å². The molecule has 0 saturated carbocycles. The van der Waals surface area contributed by atoms with Gasteiger partial charge in [0.05, 0.1) is 16.8 Å². The summed E-state index contributed by atoms with van der Waals surface area (Å²) in [4.78, 5) is 6.44. The second kappa shape index (κ2) is 6.79. The molecule has 0 aliphatic carbocycles. The SMILES string of the molecule is CCNc1ccc(Cl)c(CN(C)CC(C)O)n1. The number of aliphatic hydroxyl groups is 1. The van der Waals surface area contributed by atoms with Crippen LogP contribution in [-0.4, -0.2) is 41.2 Å². The number of likely N-dealkylation sites (N-methyl/N-ethyl adjacent to an activating group) is 1. The van der Waals surface area contributed by atoms with Crippen LogP contribution in [0.2, 0.25) is 5.02 Å². The minimum absolute atomic E-state index is 0.351. The van der Waals surface area contributed by atoms with E-state index in [1.807, 2.05) is 31.0 Å². The second-order valence-corrected chi connectivity index (χ2v) is 4.61. The summed E-state index contributed by atoms with van der Waals surface area (Å²) >= 11 is 6.10. The molecule has 2 N–H and O–H groups in total. The molecule has 1 aromatic heterocycles. The van der Waals surface area contributed by atoms with Crippen molar-refractivity contribution in [1.82, 2.24) is 9.88 Å². The van der Waals surface area contributed by atoms with Crippen LogP contribution in [0, 0.1) is 0 Å². The third kappa shape index (κ3) is 4.89. The highest BCUT2D eigenvalue weighted by Crippen LogP contribution is 2.18. The first-order valence-electron chi connectivity index (χ1n) is 5.78. The lowest BCUT2D eigenvalue weighted by Gasteiger charge is -2.18. The third-order valence-electron chi connectivity index (χ3n) is 2.27. The fourth-order valence-electron chi connectivity index (χ4n) is 1.65. The van der Waals surface area contributed by atoms with Gasteiger partial charge in [0.2, 0.25) is 0 Å². The van der Waals surface area contributed by atoms with Crippen LogP contribution < -0.4 is 5.32 Å². The van der Waals surface area contributed by atoms with Gasteiger partial charge in [-0.15, -0.1) is 0 Å². The van der Waals surface area contributed by atoms with Gasteiger partial charge in [-0.1, -0.05) is 11.6 Å². The van der Waals surface area contributed by atoms with Crippen molar-refractivity contribution in [1.29, 1.82) is 0 Å². The van der Waals surface area contributed by atoms with Gasteiger partial charge in [-0.25, -0.2) is 4.98 Å². The highest BCUT2D eigenvalue weighted by molar-refractivity contribution is 6.31. The van der Waals surface area contributed by atoms with Crippen LogP contribution in [0.4, 0.5) is 5.82 Å². The Balaban J connectivity index is 2.71. The molecule has 5 heteroatoms. The van der Waals surface area contributed by atoms with Crippen molar-refractivity contribution >= 4 is 17.4 Å². The molecule has 0 aromatic carbocycles. The third-order valence-corrected chi connectivity index (χ3v) is 2.62. The zero-order valence-corrected chi connectivity index (χ0v) is 11.3. The number of rotatable bonds is 6. The number of nitrogens with one attached hydrogen (secondary N) is 1. The molecule has 0 radical (unpaired) electrons. The number of pyridine rings is 1. The van der Waals surface area contributed by atoms with Crippen molar-refractivity contribution < 1.29 is 5.11 Å². The van der Waals surface area contributed by atoms with E-state index in [-0.39, 0.29) is 6.10 Å². The first-order chi connectivity index (χ1) is 8.02. The molecule has 0 amide bonds. The van der Waals surface area contributed by atoms with E-state index in [1.165, 1.54) is 0 Å². The number of halogens is 1. The number of aromatic nitrogens is 1. The maximum Gasteiger partial charge on any atom is 0.126 e. The maximum atomic E-state index is 9.30. The van der Waals surface area contributed by atoms with Crippen LogP contribution in [0.5, 0.6) is 0 Å². The van der Waals surface area contributed by atoms with Gasteiger partial charge >= 0.3 is 0 Å². The van der Waals surface area contributed by atoms with Crippen molar-refractivity contribution in [3.8, 4) is 0 Å². The number of hydrogen-bond acceptors (Lipinski definition) is 4. The van der Waals surface area contributed by atoms with Crippen LogP contribution in [-0.2, 0) is 6.54 Å². The van der Waals surface area contributed by atoms with E-state index in [9.17, 15) is 5.11 Å². The van der Waals surface area contributed by atoms with E-state index in [0.717, 1.165) is 18.1 Å². The van der Waals surface area contributed by atoms with E-state index in [4.69, 9.17) is 11.6 Å². The fraction of sp³-hybridized carbons (Fsp3) is 0.583. The van der Waals surface area contributed by atoms with Crippen LogP contribution in [0.15, 0.2) is 12.1 Å². The Hall–Kier alpha value is -0.840. The molecule has 0 aliphatic rings. The lowest BCUT2D eigenvalue weighted by Crippen LogP contribution is -2.27. The second-order valence-electron chi connectivity index (χ2n) is 4.20.